The molecule has 0 saturated carbocycles. The fraction of sp³-hybridized carbons (Fsp3) is 0.316. The molecule has 1 saturated heterocycles. The predicted octanol–water partition coefficient (Wildman–Crippen LogP) is 3.22. The lowest BCUT2D eigenvalue weighted by Gasteiger charge is -2.33. The zero-order chi connectivity index (χ0) is 18.9. The lowest BCUT2D eigenvalue weighted by Crippen LogP contribution is -2.48. The summed E-state index contributed by atoms with van der Waals surface area (Å²) in [6.07, 6.45) is 1.68. The van der Waals surface area contributed by atoms with Crippen molar-refractivity contribution in [3.05, 3.63) is 59.3 Å². The highest BCUT2D eigenvalue weighted by molar-refractivity contribution is 7.89. The van der Waals surface area contributed by atoms with Gasteiger partial charge in [0.25, 0.3) is 0 Å². The Morgan fingerprint density at radius 3 is 2.52 bits per heavy atom. The van der Waals surface area contributed by atoms with Gasteiger partial charge in [0.15, 0.2) is 0 Å². The van der Waals surface area contributed by atoms with Crippen LogP contribution in [0.5, 0.6) is 0 Å². The van der Waals surface area contributed by atoms with E-state index in [9.17, 15) is 8.42 Å². The number of rotatable bonds is 5. The van der Waals surface area contributed by atoms with Gasteiger partial charge in [0, 0.05) is 32.7 Å². The van der Waals surface area contributed by atoms with Crippen LogP contribution in [-0.2, 0) is 16.6 Å². The molecular formula is C19H21N3O3S2. The minimum absolute atomic E-state index is 0.360. The highest BCUT2D eigenvalue weighted by atomic mass is 32.2. The molecule has 0 bridgehead atoms. The van der Waals surface area contributed by atoms with Crippen LogP contribution in [0.1, 0.15) is 11.3 Å². The van der Waals surface area contributed by atoms with Gasteiger partial charge in [-0.05, 0) is 30.5 Å². The fourth-order valence-electron chi connectivity index (χ4n) is 3.11. The van der Waals surface area contributed by atoms with Gasteiger partial charge in [-0.15, -0.1) is 11.3 Å². The lowest BCUT2D eigenvalue weighted by atomic mass is 10.2. The van der Waals surface area contributed by atoms with Crippen molar-refractivity contribution in [3.8, 4) is 10.8 Å². The Balaban J connectivity index is 1.37. The Morgan fingerprint density at radius 1 is 1.11 bits per heavy atom. The number of piperazine rings is 1. The number of benzene rings is 1. The van der Waals surface area contributed by atoms with Crippen molar-refractivity contribution in [2.75, 3.05) is 26.2 Å². The van der Waals surface area contributed by atoms with Crippen LogP contribution in [0.2, 0.25) is 0 Å². The zero-order valence-corrected chi connectivity index (χ0v) is 16.7. The molecule has 8 heteroatoms. The van der Waals surface area contributed by atoms with Crippen molar-refractivity contribution >= 4 is 21.4 Å². The van der Waals surface area contributed by atoms with Crippen molar-refractivity contribution in [2.45, 2.75) is 18.4 Å². The lowest BCUT2D eigenvalue weighted by molar-refractivity contribution is 0.180. The Hall–Kier alpha value is -2.00. The van der Waals surface area contributed by atoms with E-state index >= 15 is 0 Å². The summed E-state index contributed by atoms with van der Waals surface area (Å²) in [4.78, 5) is 8.12. The molecule has 1 aliphatic heterocycles. The zero-order valence-electron chi connectivity index (χ0n) is 15.0. The highest BCUT2D eigenvalue weighted by Crippen LogP contribution is 2.24. The first-order chi connectivity index (χ1) is 13.0. The average Bonchev–Trinajstić information content (AvgIpc) is 3.34. The van der Waals surface area contributed by atoms with E-state index in [1.54, 1.807) is 34.0 Å². The van der Waals surface area contributed by atoms with Crippen molar-refractivity contribution in [1.82, 2.24) is 14.2 Å². The van der Waals surface area contributed by atoms with E-state index in [0.29, 0.717) is 43.5 Å². The molecule has 6 nitrogen and oxygen atoms in total. The summed E-state index contributed by atoms with van der Waals surface area (Å²) in [5, 5.41) is 1.99. The number of hydrogen-bond acceptors (Lipinski definition) is 6. The summed E-state index contributed by atoms with van der Waals surface area (Å²) in [6.45, 7) is 4.91. The molecule has 27 heavy (non-hydrogen) atoms. The molecule has 4 rings (SSSR count). The van der Waals surface area contributed by atoms with Crippen molar-refractivity contribution < 1.29 is 12.8 Å². The Labute approximate surface area is 163 Å². The number of aromatic nitrogens is 1. The summed E-state index contributed by atoms with van der Waals surface area (Å²) in [7, 11) is -3.43. The largest absolute Gasteiger partial charge is 0.444 e. The topological polar surface area (TPSA) is 66.7 Å². The smallest absolute Gasteiger partial charge is 0.243 e. The second kappa shape index (κ2) is 7.55. The normalized spacial score (nSPS) is 16.6. The first-order valence-electron chi connectivity index (χ1n) is 8.80. The second-order valence-corrected chi connectivity index (χ2v) is 9.50. The van der Waals surface area contributed by atoms with Crippen LogP contribution in [0.3, 0.4) is 0 Å². The summed E-state index contributed by atoms with van der Waals surface area (Å²) < 4.78 is 32.7. The minimum atomic E-state index is -3.43. The van der Waals surface area contributed by atoms with Gasteiger partial charge in [-0.25, -0.2) is 13.4 Å². The molecule has 1 aliphatic rings. The molecule has 0 atom stereocenters. The number of aryl methyl sites for hydroxylation is 1. The molecule has 0 aliphatic carbocycles. The predicted molar refractivity (Wildman–Crippen MR) is 105 cm³/mol. The average molecular weight is 404 g/mol. The van der Waals surface area contributed by atoms with Gasteiger partial charge >= 0.3 is 0 Å². The van der Waals surface area contributed by atoms with Gasteiger partial charge in [0.2, 0.25) is 15.9 Å². The molecule has 0 spiro atoms. The van der Waals surface area contributed by atoms with Crippen LogP contribution in [0.25, 0.3) is 10.8 Å². The third-order valence-corrected chi connectivity index (χ3v) is 7.43. The molecule has 142 valence electrons. The molecule has 0 N–H and O–H groups in total. The summed E-state index contributed by atoms with van der Waals surface area (Å²) in [5.74, 6) is 0.639. The van der Waals surface area contributed by atoms with Crippen molar-refractivity contribution in [1.29, 1.82) is 0 Å². The summed E-state index contributed by atoms with van der Waals surface area (Å²) in [5.41, 5.74) is 1.92. The van der Waals surface area contributed by atoms with Crippen molar-refractivity contribution in [2.24, 2.45) is 0 Å². The first-order valence-corrected chi connectivity index (χ1v) is 11.1. The number of oxazole rings is 1. The van der Waals surface area contributed by atoms with Crippen LogP contribution in [0.15, 0.2) is 57.4 Å². The minimum Gasteiger partial charge on any atom is -0.444 e. The SMILES string of the molecule is Cc1ccc(S(=O)(=O)N2CCN(Cc3coc(-c4cccs4)n3)CC2)cc1. The quantitative estimate of drug-likeness (QED) is 0.654. The molecule has 2 aromatic heterocycles. The van der Waals surface area contributed by atoms with E-state index in [4.69, 9.17) is 4.42 Å². The van der Waals surface area contributed by atoms with Gasteiger partial charge in [0.1, 0.15) is 6.26 Å². The van der Waals surface area contributed by atoms with E-state index in [-0.39, 0.29) is 0 Å². The summed E-state index contributed by atoms with van der Waals surface area (Å²) >= 11 is 1.59. The van der Waals surface area contributed by atoms with E-state index in [1.807, 2.05) is 36.6 Å². The van der Waals surface area contributed by atoms with E-state index in [2.05, 4.69) is 9.88 Å². The maximum Gasteiger partial charge on any atom is 0.243 e. The van der Waals surface area contributed by atoms with Gasteiger partial charge in [-0.2, -0.15) is 4.31 Å². The van der Waals surface area contributed by atoms with Gasteiger partial charge in [-0.3, -0.25) is 4.90 Å². The van der Waals surface area contributed by atoms with E-state index < -0.39 is 10.0 Å². The molecule has 0 radical (unpaired) electrons. The monoisotopic (exact) mass is 403 g/mol. The number of sulfonamides is 1. The van der Waals surface area contributed by atoms with Crippen LogP contribution in [0, 0.1) is 6.92 Å². The maximum atomic E-state index is 12.8. The van der Waals surface area contributed by atoms with Crippen LogP contribution >= 0.6 is 11.3 Å². The van der Waals surface area contributed by atoms with Gasteiger partial charge < -0.3 is 4.42 Å². The van der Waals surface area contributed by atoms with Gasteiger partial charge in [-0.1, -0.05) is 23.8 Å². The Kier molecular flexibility index (Phi) is 5.14. The molecule has 0 amide bonds. The number of thiophene rings is 1. The number of nitrogens with zero attached hydrogens (tertiary/aromatic N) is 3. The third-order valence-electron chi connectivity index (χ3n) is 4.66. The van der Waals surface area contributed by atoms with Crippen molar-refractivity contribution in [3.63, 3.8) is 0 Å². The van der Waals surface area contributed by atoms with E-state index in [0.717, 1.165) is 16.1 Å². The van der Waals surface area contributed by atoms with Crippen LogP contribution in [-0.4, -0.2) is 48.8 Å². The standard InChI is InChI=1S/C19H21N3O3S2/c1-15-4-6-17(7-5-15)27(23,24)22-10-8-21(9-11-22)13-16-14-25-19(20-16)18-3-2-12-26-18/h2-7,12,14H,8-11,13H2,1H3. The number of hydrogen-bond donors (Lipinski definition) is 0. The second-order valence-electron chi connectivity index (χ2n) is 6.61. The Morgan fingerprint density at radius 2 is 1.85 bits per heavy atom. The van der Waals surface area contributed by atoms with E-state index in [1.165, 1.54) is 0 Å². The molecular weight excluding hydrogens is 382 g/mol. The molecule has 3 aromatic rings. The van der Waals surface area contributed by atoms with Crippen LogP contribution in [0.4, 0.5) is 0 Å². The molecule has 1 fully saturated rings. The first kappa shape index (κ1) is 18.4. The third kappa shape index (κ3) is 3.98. The van der Waals surface area contributed by atoms with Gasteiger partial charge in [0.05, 0.1) is 15.5 Å². The fourth-order valence-corrected chi connectivity index (χ4v) is 5.19. The highest BCUT2D eigenvalue weighted by Gasteiger charge is 2.28. The molecule has 3 heterocycles. The molecule has 1 aromatic carbocycles. The summed E-state index contributed by atoms with van der Waals surface area (Å²) in [6, 6.07) is 11.0. The maximum absolute atomic E-state index is 12.8. The van der Waals surface area contributed by atoms with Crippen LogP contribution < -0.4 is 0 Å². The molecule has 0 unspecified atom stereocenters. The Bertz CT molecular complexity index is 987.